The Balaban J connectivity index is 1.41. The van der Waals surface area contributed by atoms with E-state index in [-0.39, 0.29) is 11.6 Å². The van der Waals surface area contributed by atoms with Gasteiger partial charge in [-0.15, -0.1) is 11.3 Å². The number of hydrogen-bond acceptors (Lipinski definition) is 5. The zero-order valence-corrected chi connectivity index (χ0v) is 17.0. The van der Waals surface area contributed by atoms with Gasteiger partial charge in [0.15, 0.2) is 6.54 Å². The van der Waals surface area contributed by atoms with Crippen molar-refractivity contribution in [2.75, 3.05) is 25.0 Å². The number of hydrogen-bond donors (Lipinski definition) is 2. The van der Waals surface area contributed by atoms with Crippen LogP contribution in [0.15, 0.2) is 42.5 Å². The highest BCUT2D eigenvalue weighted by atomic mass is 32.1. The second-order valence-corrected chi connectivity index (χ2v) is 8.61. The molecule has 2 aromatic carbocycles. The largest absolute Gasteiger partial charge is 0.327 e. The molecule has 2 heterocycles. The van der Waals surface area contributed by atoms with Crippen LogP contribution in [0.2, 0.25) is 0 Å². The zero-order valence-electron chi connectivity index (χ0n) is 16.2. The Morgan fingerprint density at radius 3 is 2.97 bits per heavy atom. The maximum atomic E-state index is 12.6. The molecule has 2 atom stereocenters. The van der Waals surface area contributed by atoms with Gasteiger partial charge in [0.2, 0.25) is 0 Å². The molecule has 0 radical (unpaired) electrons. The van der Waals surface area contributed by atoms with Gasteiger partial charge in [-0.3, -0.25) is 14.9 Å². The van der Waals surface area contributed by atoms with Crippen molar-refractivity contribution in [3.8, 4) is 0 Å². The first-order valence-electron chi connectivity index (χ1n) is 9.73. The zero-order chi connectivity index (χ0) is 20.4. The quantitative estimate of drug-likeness (QED) is 0.499. The number of carbonyl (C=O) groups excluding carboxylic acids is 1. The number of thiazole rings is 1. The van der Waals surface area contributed by atoms with E-state index in [2.05, 4.69) is 11.4 Å². The van der Waals surface area contributed by atoms with Gasteiger partial charge in [0.25, 0.3) is 11.6 Å². The predicted molar refractivity (Wildman–Crippen MR) is 114 cm³/mol. The summed E-state index contributed by atoms with van der Waals surface area (Å²) in [4.78, 5) is 29.1. The van der Waals surface area contributed by atoms with Crippen molar-refractivity contribution in [3.63, 3.8) is 0 Å². The first-order valence-corrected chi connectivity index (χ1v) is 10.5. The number of nitro groups is 1. The van der Waals surface area contributed by atoms with E-state index in [9.17, 15) is 14.9 Å². The number of para-hydroxylation sites is 1. The lowest BCUT2D eigenvalue weighted by molar-refractivity contribution is -0.898. The van der Waals surface area contributed by atoms with Gasteiger partial charge < -0.3 is 10.2 Å². The van der Waals surface area contributed by atoms with Crippen LogP contribution in [0.1, 0.15) is 29.3 Å². The number of rotatable bonds is 5. The maximum absolute atomic E-state index is 12.6. The molecule has 1 aliphatic rings. The number of amides is 1. The Bertz CT molecular complexity index is 1030. The van der Waals surface area contributed by atoms with Gasteiger partial charge in [0.1, 0.15) is 5.01 Å². The van der Waals surface area contributed by atoms with Crippen molar-refractivity contribution in [3.05, 3.63) is 63.1 Å². The molecule has 150 valence electrons. The molecular weight excluding hydrogens is 388 g/mol. The number of nitro benzene ring substituents is 1. The standard InChI is InChI=1S/C21H22N4O3S/c1-14-8-9-16(25(27)28)11-18(14)22-20(26)13-24-10-4-5-15(12-24)21-23-17-6-2-3-7-19(17)29-21/h2-3,6-9,11,15H,4-5,10,12-13H2,1H3,(H,22,26)/p+1/t15-/m0/s1. The first-order chi connectivity index (χ1) is 14.0. The summed E-state index contributed by atoms with van der Waals surface area (Å²) in [5.74, 6) is 0.247. The van der Waals surface area contributed by atoms with Gasteiger partial charge in [-0.05, 0) is 37.5 Å². The molecule has 7 nitrogen and oxygen atoms in total. The number of aryl methyl sites for hydroxylation is 1. The van der Waals surface area contributed by atoms with Crippen LogP contribution in [0.3, 0.4) is 0 Å². The fourth-order valence-electron chi connectivity index (χ4n) is 3.87. The van der Waals surface area contributed by atoms with E-state index in [1.807, 2.05) is 25.1 Å². The summed E-state index contributed by atoms with van der Waals surface area (Å²) >= 11 is 1.74. The van der Waals surface area contributed by atoms with Crippen LogP contribution in [0.25, 0.3) is 10.2 Å². The summed E-state index contributed by atoms with van der Waals surface area (Å²) < 4.78 is 1.20. The van der Waals surface area contributed by atoms with E-state index in [1.54, 1.807) is 17.4 Å². The van der Waals surface area contributed by atoms with E-state index in [0.29, 0.717) is 18.2 Å². The maximum Gasteiger partial charge on any atom is 0.279 e. The molecule has 0 saturated carbocycles. The minimum absolute atomic E-state index is 0.0212. The number of non-ortho nitro benzene ring substituents is 1. The van der Waals surface area contributed by atoms with Crippen LogP contribution < -0.4 is 10.2 Å². The Kier molecular flexibility index (Phi) is 5.55. The smallest absolute Gasteiger partial charge is 0.279 e. The lowest BCUT2D eigenvalue weighted by Gasteiger charge is -2.28. The number of anilines is 1. The molecule has 1 unspecified atom stereocenters. The summed E-state index contributed by atoms with van der Waals surface area (Å²) in [6.45, 7) is 4.00. The number of likely N-dealkylation sites (tertiary alicyclic amines) is 1. The molecule has 1 fully saturated rings. The minimum atomic E-state index is -0.451. The SMILES string of the molecule is Cc1ccc([N+](=O)[O-])cc1NC(=O)C[NH+]1CCC[C@H](c2nc3ccccc3s2)C1. The van der Waals surface area contributed by atoms with Crippen molar-refractivity contribution in [2.45, 2.75) is 25.7 Å². The molecule has 0 spiro atoms. The van der Waals surface area contributed by atoms with Gasteiger partial charge >= 0.3 is 0 Å². The highest BCUT2D eigenvalue weighted by Gasteiger charge is 2.28. The van der Waals surface area contributed by atoms with Gasteiger partial charge in [0.05, 0.1) is 39.8 Å². The molecule has 29 heavy (non-hydrogen) atoms. The van der Waals surface area contributed by atoms with Gasteiger partial charge in [-0.1, -0.05) is 18.2 Å². The molecule has 1 aromatic heterocycles. The average Bonchev–Trinajstić information content (AvgIpc) is 3.14. The van der Waals surface area contributed by atoms with Gasteiger partial charge in [0, 0.05) is 12.1 Å². The highest BCUT2D eigenvalue weighted by Crippen LogP contribution is 2.30. The fraction of sp³-hybridized carbons (Fsp3) is 0.333. The number of carbonyl (C=O) groups is 1. The predicted octanol–water partition coefficient (Wildman–Crippen LogP) is 2.91. The lowest BCUT2D eigenvalue weighted by atomic mass is 9.99. The highest BCUT2D eigenvalue weighted by molar-refractivity contribution is 7.18. The topological polar surface area (TPSA) is 89.6 Å². The molecule has 1 saturated heterocycles. The number of nitrogens with zero attached hydrogens (tertiary/aromatic N) is 2. The number of benzene rings is 2. The fourth-order valence-corrected chi connectivity index (χ4v) is 4.97. The molecule has 4 rings (SSSR count). The third kappa shape index (κ3) is 4.44. The van der Waals surface area contributed by atoms with Crippen molar-refractivity contribution < 1.29 is 14.6 Å². The Labute approximate surface area is 172 Å². The Hall–Kier alpha value is -2.84. The van der Waals surface area contributed by atoms with E-state index in [1.165, 1.54) is 21.7 Å². The molecule has 3 aromatic rings. The van der Waals surface area contributed by atoms with Crippen LogP contribution in [0.5, 0.6) is 0 Å². The van der Waals surface area contributed by atoms with Crippen molar-refractivity contribution >= 4 is 38.8 Å². The molecule has 8 heteroatoms. The average molecular weight is 412 g/mol. The lowest BCUT2D eigenvalue weighted by Crippen LogP contribution is -3.14. The summed E-state index contributed by atoms with van der Waals surface area (Å²) in [5, 5.41) is 15.0. The molecule has 1 amide bonds. The van der Waals surface area contributed by atoms with Crippen LogP contribution >= 0.6 is 11.3 Å². The number of nitrogens with one attached hydrogen (secondary N) is 2. The molecule has 2 N–H and O–H groups in total. The third-order valence-corrected chi connectivity index (χ3v) is 6.59. The van der Waals surface area contributed by atoms with Crippen LogP contribution in [0.4, 0.5) is 11.4 Å². The summed E-state index contributed by atoms with van der Waals surface area (Å²) in [7, 11) is 0. The number of piperidine rings is 1. The Morgan fingerprint density at radius 2 is 2.17 bits per heavy atom. The summed E-state index contributed by atoms with van der Waals surface area (Å²) in [6.07, 6.45) is 2.15. The van der Waals surface area contributed by atoms with Gasteiger partial charge in [-0.25, -0.2) is 4.98 Å². The monoisotopic (exact) mass is 411 g/mol. The number of quaternary nitrogens is 1. The van der Waals surface area contributed by atoms with Gasteiger partial charge in [-0.2, -0.15) is 0 Å². The number of aromatic nitrogens is 1. The van der Waals surface area contributed by atoms with Crippen molar-refractivity contribution in [1.29, 1.82) is 0 Å². The van der Waals surface area contributed by atoms with E-state index < -0.39 is 4.92 Å². The van der Waals surface area contributed by atoms with Crippen molar-refractivity contribution in [1.82, 2.24) is 4.98 Å². The van der Waals surface area contributed by atoms with Crippen LogP contribution in [0, 0.1) is 17.0 Å². The normalized spacial score (nSPS) is 19.2. The van der Waals surface area contributed by atoms with Crippen molar-refractivity contribution in [2.24, 2.45) is 0 Å². The minimum Gasteiger partial charge on any atom is -0.327 e. The molecule has 0 bridgehead atoms. The summed E-state index contributed by atoms with van der Waals surface area (Å²) in [5.41, 5.74) is 2.33. The third-order valence-electron chi connectivity index (χ3n) is 5.39. The molecule has 1 aliphatic heterocycles. The summed E-state index contributed by atoms with van der Waals surface area (Å²) in [6, 6.07) is 12.7. The molecular formula is C21H23N4O3S+. The second-order valence-electron chi connectivity index (χ2n) is 7.54. The second kappa shape index (κ2) is 8.26. The molecule has 0 aliphatic carbocycles. The Morgan fingerprint density at radius 1 is 1.34 bits per heavy atom. The van der Waals surface area contributed by atoms with E-state index in [4.69, 9.17) is 4.98 Å². The first kappa shape index (κ1) is 19.5. The number of fused-ring (bicyclic) bond motifs is 1. The van der Waals surface area contributed by atoms with E-state index in [0.717, 1.165) is 42.0 Å². The van der Waals surface area contributed by atoms with Crippen LogP contribution in [-0.2, 0) is 4.79 Å². The van der Waals surface area contributed by atoms with E-state index >= 15 is 0 Å². The van der Waals surface area contributed by atoms with Crippen LogP contribution in [-0.4, -0.2) is 35.4 Å².